The number of nitrogens with zero attached hydrogens (tertiary/aromatic N) is 3. The number of hydrogen-bond donors (Lipinski definition) is 1. The summed E-state index contributed by atoms with van der Waals surface area (Å²) in [5, 5.41) is 3.85. The quantitative estimate of drug-likeness (QED) is 0.663. The van der Waals surface area contributed by atoms with Gasteiger partial charge in [-0.2, -0.15) is 0 Å². The van der Waals surface area contributed by atoms with Crippen molar-refractivity contribution in [1.82, 2.24) is 19.8 Å². The molecule has 1 saturated heterocycles. The van der Waals surface area contributed by atoms with E-state index in [1.807, 2.05) is 22.7 Å². The molecule has 1 N–H and O–H groups in total. The summed E-state index contributed by atoms with van der Waals surface area (Å²) < 4.78 is 1.93. The molecule has 0 radical (unpaired) electrons. The maximum atomic E-state index is 11.7. The van der Waals surface area contributed by atoms with Crippen LogP contribution < -0.4 is 5.32 Å². The predicted molar refractivity (Wildman–Crippen MR) is 99.4 cm³/mol. The van der Waals surface area contributed by atoms with Crippen molar-refractivity contribution in [2.24, 2.45) is 7.05 Å². The number of amides is 1. The fraction of sp³-hybridized carbons (Fsp3) is 0.684. The first-order valence-electron chi connectivity index (χ1n) is 9.23. The van der Waals surface area contributed by atoms with Gasteiger partial charge in [0.05, 0.1) is 11.9 Å². The summed E-state index contributed by atoms with van der Waals surface area (Å²) in [5.41, 5.74) is 0.718. The van der Waals surface area contributed by atoms with Gasteiger partial charge in [0.2, 0.25) is 5.91 Å². The van der Waals surface area contributed by atoms with Crippen molar-refractivity contribution < 1.29 is 4.79 Å². The molecule has 1 aliphatic heterocycles. The molecule has 1 aromatic rings. The van der Waals surface area contributed by atoms with Gasteiger partial charge in [0.15, 0.2) is 0 Å². The van der Waals surface area contributed by atoms with Gasteiger partial charge < -0.3 is 9.47 Å². The van der Waals surface area contributed by atoms with Crippen LogP contribution in [-0.4, -0.2) is 50.9 Å². The van der Waals surface area contributed by atoms with Crippen LogP contribution >= 0.6 is 11.6 Å². The molecule has 136 valence electrons. The van der Waals surface area contributed by atoms with Crippen LogP contribution in [0.2, 0.25) is 0 Å². The van der Waals surface area contributed by atoms with Crippen molar-refractivity contribution in [3.63, 3.8) is 0 Å². The summed E-state index contributed by atoms with van der Waals surface area (Å²) in [4.78, 5) is 17.9. The van der Waals surface area contributed by atoms with Crippen molar-refractivity contribution in [2.75, 3.05) is 19.0 Å². The first kappa shape index (κ1) is 18.3. The molecule has 1 saturated carbocycles. The normalized spacial score (nSPS) is 20.8. The predicted octanol–water partition coefficient (Wildman–Crippen LogP) is 2.29. The number of imidazole rings is 1. The van der Waals surface area contributed by atoms with Crippen molar-refractivity contribution in [2.45, 2.75) is 56.5 Å². The fourth-order valence-electron chi connectivity index (χ4n) is 3.87. The lowest BCUT2D eigenvalue weighted by Crippen LogP contribution is -2.54. The lowest BCUT2D eigenvalue weighted by Gasteiger charge is -2.40. The average Bonchev–Trinajstić information content (AvgIpc) is 3.06. The summed E-state index contributed by atoms with van der Waals surface area (Å²) in [5.74, 6) is 6.92. The van der Waals surface area contributed by atoms with Gasteiger partial charge in [-0.25, -0.2) is 4.98 Å². The standard InChI is InChI=1S/C19H27ClN4O/c1-23-14-17(21-15-23)5-10-19(8-3-2-4-9-19)22-16-6-11-24(12-7-16)18(25)13-20/h14-16,22H,2-4,6-9,11-13H2,1H3. The monoisotopic (exact) mass is 362 g/mol. The van der Waals surface area contributed by atoms with Crippen LogP contribution in [-0.2, 0) is 11.8 Å². The number of aryl methyl sites for hydroxylation is 1. The third-order valence-corrected chi connectivity index (χ3v) is 5.51. The second-order valence-electron chi connectivity index (χ2n) is 7.25. The molecule has 0 bridgehead atoms. The Bertz CT molecular complexity index is 646. The summed E-state index contributed by atoms with van der Waals surface area (Å²) in [6, 6.07) is 0.413. The highest BCUT2D eigenvalue weighted by molar-refractivity contribution is 6.27. The van der Waals surface area contributed by atoms with E-state index in [1.54, 1.807) is 6.33 Å². The molecule has 3 rings (SSSR count). The van der Waals surface area contributed by atoms with Crippen LogP contribution in [0.3, 0.4) is 0 Å². The minimum atomic E-state index is -0.112. The number of hydrogen-bond acceptors (Lipinski definition) is 3. The number of carbonyl (C=O) groups excluding carboxylic acids is 1. The first-order valence-corrected chi connectivity index (χ1v) is 9.76. The maximum absolute atomic E-state index is 11.7. The van der Waals surface area contributed by atoms with Crippen LogP contribution in [0.5, 0.6) is 0 Å². The van der Waals surface area contributed by atoms with E-state index in [9.17, 15) is 4.79 Å². The van der Waals surface area contributed by atoms with E-state index >= 15 is 0 Å². The third-order valence-electron chi connectivity index (χ3n) is 5.28. The minimum absolute atomic E-state index is 0.0439. The number of aromatic nitrogens is 2. The number of likely N-dealkylation sites (tertiary alicyclic amines) is 1. The van der Waals surface area contributed by atoms with Gasteiger partial charge >= 0.3 is 0 Å². The number of piperidine rings is 1. The van der Waals surface area contributed by atoms with Gasteiger partial charge in [-0.05, 0) is 31.6 Å². The zero-order chi connectivity index (χ0) is 17.7. The lowest BCUT2D eigenvalue weighted by atomic mass is 9.81. The van der Waals surface area contributed by atoms with Crippen molar-refractivity contribution in [3.05, 3.63) is 18.2 Å². The molecule has 2 heterocycles. The maximum Gasteiger partial charge on any atom is 0.237 e. The topological polar surface area (TPSA) is 50.2 Å². The van der Waals surface area contributed by atoms with Gasteiger partial charge in [-0.3, -0.25) is 10.1 Å². The SMILES string of the molecule is Cn1cnc(C#CC2(NC3CCN(C(=O)CCl)CC3)CCCCC2)c1. The number of nitrogens with one attached hydrogen (secondary N) is 1. The number of halogens is 1. The Labute approximate surface area is 155 Å². The number of rotatable bonds is 3. The molecule has 2 aliphatic rings. The van der Waals surface area contributed by atoms with E-state index in [2.05, 4.69) is 22.1 Å². The Hall–Kier alpha value is -1.51. The van der Waals surface area contributed by atoms with Gasteiger partial charge in [0, 0.05) is 32.4 Å². The average molecular weight is 363 g/mol. The highest BCUT2D eigenvalue weighted by atomic mass is 35.5. The molecule has 2 fully saturated rings. The Morgan fingerprint density at radius 2 is 2.08 bits per heavy atom. The van der Waals surface area contributed by atoms with Gasteiger partial charge in [0.1, 0.15) is 11.6 Å². The van der Waals surface area contributed by atoms with Crippen molar-refractivity contribution in [1.29, 1.82) is 0 Å². The molecule has 5 nitrogen and oxygen atoms in total. The molecule has 1 aromatic heterocycles. The lowest BCUT2D eigenvalue weighted by molar-refractivity contribution is -0.129. The molecule has 6 heteroatoms. The zero-order valence-corrected chi connectivity index (χ0v) is 15.7. The third kappa shape index (κ3) is 4.77. The van der Waals surface area contributed by atoms with E-state index in [1.165, 1.54) is 19.3 Å². The minimum Gasteiger partial charge on any atom is -0.342 e. The van der Waals surface area contributed by atoms with Crippen LogP contribution in [0, 0.1) is 11.8 Å². The van der Waals surface area contributed by atoms with E-state index < -0.39 is 0 Å². The van der Waals surface area contributed by atoms with Crippen LogP contribution in [0.1, 0.15) is 50.6 Å². The van der Waals surface area contributed by atoms with Crippen molar-refractivity contribution in [3.8, 4) is 11.8 Å². The van der Waals surface area contributed by atoms with E-state index in [4.69, 9.17) is 11.6 Å². The summed E-state index contributed by atoms with van der Waals surface area (Å²) in [6.45, 7) is 1.57. The van der Waals surface area contributed by atoms with Gasteiger partial charge in [-0.15, -0.1) is 11.6 Å². The van der Waals surface area contributed by atoms with E-state index in [0.29, 0.717) is 6.04 Å². The molecule has 1 aliphatic carbocycles. The molecule has 25 heavy (non-hydrogen) atoms. The molecule has 0 aromatic carbocycles. The highest BCUT2D eigenvalue weighted by Gasteiger charge is 2.34. The molecule has 1 amide bonds. The summed E-state index contributed by atoms with van der Waals surface area (Å²) >= 11 is 5.67. The van der Waals surface area contributed by atoms with E-state index in [0.717, 1.165) is 44.5 Å². The summed E-state index contributed by atoms with van der Waals surface area (Å²) in [6.07, 6.45) is 11.6. The van der Waals surface area contributed by atoms with Crippen LogP contribution in [0.4, 0.5) is 0 Å². The molecule has 0 spiro atoms. The summed E-state index contributed by atoms with van der Waals surface area (Å²) in [7, 11) is 1.96. The van der Waals surface area contributed by atoms with Crippen molar-refractivity contribution >= 4 is 17.5 Å². The molecular formula is C19H27ClN4O. The van der Waals surface area contributed by atoms with E-state index in [-0.39, 0.29) is 17.3 Å². The first-order chi connectivity index (χ1) is 12.1. The second-order valence-corrected chi connectivity index (χ2v) is 7.52. The number of carbonyl (C=O) groups is 1. The zero-order valence-electron chi connectivity index (χ0n) is 14.9. The highest BCUT2D eigenvalue weighted by Crippen LogP contribution is 2.29. The Morgan fingerprint density at radius 1 is 1.36 bits per heavy atom. The molecular weight excluding hydrogens is 336 g/mol. The molecule has 0 unspecified atom stereocenters. The van der Waals surface area contributed by atoms with Crippen LogP contribution in [0.25, 0.3) is 0 Å². The molecule has 0 atom stereocenters. The number of alkyl halides is 1. The fourth-order valence-corrected chi connectivity index (χ4v) is 4.04. The second kappa shape index (κ2) is 8.25. The smallest absolute Gasteiger partial charge is 0.237 e. The Morgan fingerprint density at radius 3 is 2.68 bits per heavy atom. The Balaban J connectivity index is 1.65. The van der Waals surface area contributed by atoms with Crippen LogP contribution in [0.15, 0.2) is 12.5 Å². The largest absolute Gasteiger partial charge is 0.342 e. The Kier molecular flexibility index (Phi) is 6.03. The van der Waals surface area contributed by atoms with Gasteiger partial charge in [-0.1, -0.05) is 25.2 Å². The van der Waals surface area contributed by atoms with Gasteiger partial charge in [0.25, 0.3) is 0 Å².